The minimum Gasteiger partial charge on any atom is -0.459 e. The molecular weight excluding hydrogens is 532 g/mol. The van der Waals surface area contributed by atoms with Crippen LogP contribution in [0.3, 0.4) is 0 Å². The van der Waals surface area contributed by atoms with Crippen molar-refractivity contribution in [1.82, 2.24) is 0 Å². The highest BCUT2D eigenvalue weighted by molar-refractivity contribution is 9.10. The van der Waals surface area contributed by atoms with E-state index in [2.05, 4.69) is 31.9 Å². The second-order valence-electron chi connectivity index (χ2n) is 8.51. The molecule has 0 rings (SSSR count). The van der Waals surface area contributed by atoms with Gasteiger partial charge in [-0.15, -0.1) is 0 Å². The molecule has 0 aromatic carbocycles. The first-order valence-electron chi connectivity index (χ1n) is 9.10. The van der Waals surface area contributed by atoms with Crippen LogP contribution < -0.4 is 11.5 Å². The lowest BCUT2D eigenvalue weighted by Crippen LogP contribution is -2.39. The summed E-state index contributed by atoms with van der Waals surface area (Å²) in [6.45, 7) is 10.9. The van der Waals surface area contributed by atoms with E-state index in [0.717, 1.165) is 11.5 Å². The molecule has 0 spiro atoms. The fraction of sp³-hybridized carbons (Fsp3) is 0.889. The molecule has 0 amide bonds. The number of hydrogen-bond donors (Lipinski definition) is 2. The van der Waals surface area contributed by atoms with E-state index in [0.29, 0.717) is 12.8 Å². The van der Waals surface area contributed by atoms with Crippen LogP contribution in [-0.2, 0) is 19.1 Å². The lowest BCUT2D eigenvalue weighted by atomic mass is 10.1. The summed E-state index contributed by atoms with van der Waals surface area (Å²) >= 11 is 7.13. The van der Waals surface area contributed by atoms with Crippen LogP contribution in [0.5, 0.6) is 0 Å². The van der Waals surface area contributed by atoms with Crippen LogP contribution in [0.2, 0.25) is 0 Å². The topological polar surface area (TPSA) is 105 Å². The third-order valence-corrected chi connectivity index (χ3v) is 7.83. The van der Waals surface area contributed by atoms with Gasteiger partial charge in [-0.05, 0) is 54.4 Å². The molecule has 0 aromatic heterocycles. The Morgan fingerprint density at radius 1 is 0.786 bits per heavy atom. The zero-order valence-electron chi connectivity index (χ0n) is 17.5. The van der Waals surface area contributed by atoms with Gasteiger partial charge in [0.25, 0.3) is 0 Å². The second kappa shape index (κ2) is 13.0. The van der Waals surface area contributed by atoms with E-state index < -0.39 is 23.3 Å². The van der Waals surface area contributed by atoms with Gasteiger partial charge in [0.05, 0.1) is 0 Å². The molecule has 166 valence electrons. The molecule has 0 aromatic rings. The molecule has 0 radical (unpaired) electrons. The molecule has 0 saturated carbocycles. The summed E-state index contributed by atoms with van der Waals surface area (Å²) in [4.78, 5) is 24.0. The normalized spacial score (nSPS) is 16.8. The van der Waals surface area contributed by atoms with E-state index >= 15 is 0 Å². The largest absolute Gasteiger partial charge is 0.459 e. The summed E-state index contributed by atoms with van der Waals surface area (Å²) in [5.74, 6) is 0.815. The van der Waals surface area contributed by atoms with Crippen molar-refractivity contribution in [1.29, 1.82) is 0 Å². The molecule has 0 fully saturated rings. The van der Waals surface area contributed by atoms with Crippen molar-refractivity contribution in [3.8, 4) is 0 Å². The highest BCUT2D eigenvalue weighted by Crippen LogP contribution is 2.29. The predicted octanol–water partition coefficient (Wildman–Crippen LogP) is 4.01. The van der Waals surface area contributed by atoms with Gasteiger partial charge >= 0.3 is 11.9 Å². The Balaban J connectivity index is 4.05. The van der Waals surface area contributed by atoms with Gasteiger partial charge in [-0.1, -0.05) is 53.4 Å². The van der Waals surface area contributed by atoms with Crippen molar-refractivity contribution in [2.75, 3.05) is 11.5 Å². The van der Waals surface area contributed by atoms with Crippen LogP contribution in [0.15, 0.2) is 0 Å². The summed E-state index contributed by atoms with van der Waals surface area (Å²) in [7, 11) is 3.35. The zero-order chi connectivity index (χ0) is 22.1. The van der Waals surface area contributed by atoms with Gasteiger partial charge in [0, 0.05) is 21.2 Å². The molecular formula is C18H34Br2N2O4S2. The van der Waals surface area contributed by atoms with E-state index in [-0.39, 0.29) is 21.6 Å². The standard InChI is InChI=1S/C18H34Br2N2O4S2/c1-17(2,3)25-15(23)13(21)7-11(19)9-27-28-10-12(20)8-14(22)16(24)26-18(4,5)6/h11-14H,7-10,21-22H2,1-6H3. The Morgan fingerprint density at radius 3 is 1.32 bits per heavy atom. The van der Waals surface area contributed by atoms with Crippen molar-refractivity contribution in [3.63, 3.8) is 0 Å². The van der Waals surface area contributed by atoms with Crippen LogP contribution >= 0.6 is 53.4 Å². The number of ether oxygens (including phenoxy) is 2. The average Bonchev–Trinajstić information content (AvgIpc) is 2.48. The van der Waals surface area contributed by atoms with E-state index in [9.17, 15) is 9.59 Å². The fourth-order valence-corrected chi connectivity index (χ4v) is 6.85. The Morgan fingerprint density at radius 2 is 1.07 bits per heavy atom. The van der Waals surface area contributed by atoms with Crippen molar-refractivity contribution in [2.24, 2.45) is 11.5 Å². The highest BCUT2D eigenvalue weighted by Gasteiger charge is 2.25. The highest BCUT2D eigenvalue weighted by atomic mass is 79.9. The van der Waals surface area contributed by atoms with E-state index in [1.165, 1.54) is 0 Å². The first-order chi connectivity index (χ1) is 12.6. The summed E-state index contributed by atoms with van der Waals surface area (Å²) in [6, 6.07) is -1.30. The van der Waals surface area contributed by atoms with Crippen molar-refractivity contribution < 1.29 is 19.1 Å². The Kier molecular flexibility index (Phi) is 13.3. The Labute approximate surface area is 194 Å². The van der Waals surface area contributed by atoms with Gasteiger partial charge in [0.1, 0.15) is 23.3 Å². The van der Waals surface area contributed by atoms with Gasteiger partial charge in [-0.3, -0.25) is 9.59 Å². The second-order valence-corrected chi connectivity index (χ2v) is 13.7. The molecule has 4 atom stereocenters. The monoisotopic (exact) mass is 564 g/mol. The number of carbonyl (C=O) groups excluding carboxylic acids is 2. The minimum absolute atomic E-state index is 0.102. The summed E-state index contributed by atoms with van der Waals surface area (Å²) in [5, 5.41) is 0. The quantitative estimate of drug-likeness (QED) is 0.167. The van der Waals surface area contributed by atoms with Crippen LogP contribution in [0.4, 0.5) is 0 Å². The van der Waals surface area contributed by atoms with Gasteiger partial charge < -0.3 is 20.9 Å². The molecule has 6 nitrogen and oxygen atoms in total. The Hall–Kier alpha value is 0.520. The molecule has 0 aliphatic heterocycles. The first-order valence-corrected chi connectivity index (χ1v) is 13.4. The van der Waals surface area contributed by atoms with E-state index in [1.54, 1.807) is 21.6 Å². The molecule has 0 aliphatic carbocycles. The SMILES string of the molecule is CC(C)(C)OC(=O)C(N)CC(Br)CSSCC(Br)CC(N)C(=O)OC(C)(C)C. The lowest BCUT2D eigenvalue weighted by Gasteiger charge is -2.23. The summed E-state index contributed by atoms with van der Waals surface area (Å²) in [5.41, 5.74) is 10.8. The molecule has 0 aliphatic rings. The maximum atomic E-state index is 11.9. The third kappa shape index (κ3) is 15.4. The third-order valence-electron chi connectivity index (χ3n) is 3.02. The maximum absolute atomic E-state index is 11.9. The van der Waals surface area contributed by atoms with Gasteiger partial charge in [0.2, 0.25) is 0 Å². The van der Waals surface area contributed by atoms with Crippen LogP contribution in [0, 0.1) is 0 Å². The number of carbonyl (C=O) groups is 2. The summed E-state index contributed by atoms with van der Waals surface area (Å²) < 4.78 is 10.6. The lowest BCUT2D eigenvalue weighted by molar-refractivity contribution is -0.157. The van der Waals surface area contributed by atoms with Crippen LogP contribution in [-0.4, -0.2) is 56.4 Å². The van der Waals surface area contributed by atoms with Gasteiger partial charge in [-0.2, -0.15) is 0 Å². The molecule has 0 heterocycles. The van der Waals surface area contributed by atoms with Crippen molar-refractivity contribution in [3.05, 3.63) is 0 Å². The van der Waals surface area contributed by atoms with Crippen LogP contribution in [0.25, 0.3) is 0 Å². The first kappa shape index (κ1) is 28.5. The van der Waals surface area contributed by atoms with Gasteiger partial charge in [-0.25, -0.2) is 0 Å². The number of halogens is 2. The van der Waals surface area contributed by atoms with Gasteiger partial charge in [0.15, 0.2) is 0 Å². The molecule has 4 unspecified atom stereocenters. The molecule has 10 heteroatoms. The Bertz CT molecular complexity index is 455. The zero-order valence-corrected chi connectivity index (χ0v) is 22.3. The summed E-state index contributed by atoms with van der Waals surface area (Å²) in [6.07, 6.45) is 1.01. The maximum Gasteiger partial charge on any atom is 0.323 e. The number of esters is 2. The van der Waals surface area contributed by atoms with E-state index in [4.69, 9.17) is 20.9 Å². The van der Waals surface area contributed by atoms with Crippen molar-refractivity contribution in [2.45, 2.75) is 87.3 Å². The fourth-order valence-electron chi connectivity index (χ4n) is 1.88. The van der Waals surface area contributed by atoms with Crippen LogP contribution in [0.1, 0.15) is 54.4 Å². The predicted molar refractivity (Wildman–Crippen MR) is 127 cm³/mol. The number of rotatable bonds is 11. The molecule has 28 heavy (non-hydrogen) atoms. The average molecular weight is 566 g/mol. The number of alkyl halides is 2. The molecule has 0 saturated heterocycles. The smallest absolute Gasteiger partial charge is 0.323 e. The number of hydrogen-bond acceptors (Lipinski definition) is 8. The number of nitrogens with two attached hydrogens (primary N) is 2. The molecule has 0 bridgehead atoms. The molecule has 4 N–H and O–H groups in total. The van der Waals surface area contributed by atoms with Crippen molar-refractivity contribution >= 4 is 65.4 Å². The minimum atomic E-state index is -0.648. The van der Waals surface area contributed by atoms with E-state index in [1.807, 2.05) is 41.5 Å².